The Hall–Kier alpha value is -4.14. The number of aromatic nitrogens is 1. The van der Waals surface area contributed by atoms with Crippen molar-refractivity contribution in [2.45, 2.75) is 25.4 Å². The number of carbonyl (C=O) groups is 3. The fourth-order valence-corrected chi connectivity index (χ4v) is 3.90. The van der Waals surface area contributed by atoms with Crippen molar-refractivity contribution < 1.29 is 28.8 Å². The average Bonchev–Trinajstić information content (AvgIpc) is 3.42. The molecule has 0 aliphatic heterocycles. The van der Waals surface area contributed by atoms with Crippen molar-refractivity contribution in [3.05, 3.63) is 77.2 Å². The molecule has 170 valence electrons. The number of alkyl carbamates (subject to hydrolysis) is 1. The van der Waals surface area contributed by atoms with E-state index in [1.54, 1.807) is 0 Å². The molecule has 2 N–H and O–H groups in total. The van der Waals surface area contributed by atoms with E-state index in [9.17, 15) is 14.4 Å². The van der Waals surface area contributed by atoms with E-state index in [0.29, 0.717) is 0 Å². The lowest BCUT2D eigenvalue weighted by atomic mass is 9.98. The molecule has 0 spiro atoms. The van der Waals surface area contributed by atoms with E-state index in [4.69, 9.17) is 14.4 Å². The molecule has 3 aromatic rings. The minimum atomic E-state index is -1.14. The number of hydrogen-bond donors (Lipinski definition) is 2. The molecular weight excluding hydrogens is 426 g/mol. The zero-order valence-corrected chi connectivity index (χ0v) is 18.1. The van der Waals surface area contributed by atoms with Crippen LogP contribution in [0.2, 0.25) is 0 Å². The summed E-state index contributed by atoms with van der Waals surface area (Å²) in [4.78, 5) is 37.1. The third-order valence-electron chi connectivity index (χ3n) is 5.88. The number of nitrogens with zero attached hydrogens (tertiary/aromatic N) is 2. The van der Waals surface area contributed by atoms with Gasteiger partial charge in [0, 0.05) is 13.0 Å². The summed E-state index contributed by atoms with van der Waals surface area (Å²) in [6.45, 7) is 1.44. The van der Waals surface area contributed by atoms with Crippen molar-refractivity contribution in [3.8, 4) is 11.1 Å². The number of carboxylic acid groups (broad SMARTS) is 1. The van der Waals surface area contributed by atoms with E-state index in [2.05, 4.69) is 22.6 Å². The number of benzene rings is 2. The first-order valence-electron chi connectivity index (χ1n) is 10.4. The van der Waals surface area contributed by atoms with Gasteiger partial charge in [-0.25, -0.2) is 9.59 Å². The van der Waals surface area contributed by atoms with Crippen LogP contribution in [0.25, 0.3) is 11.1 Å². The fraction of sp³-hybridized carbons (Fsp3) is 0.250. The van der Waals surface area contributed by atoms with Gasteiger partial charge in [-0.3, -0.25) is 4.79 Å². The maximum absolute atomic E-state index is 12.6. The number of hydrogen-bond acceptors (Lipinski definition) is 6. The second-order valence-corrected chi connectivity index (χ2v) is 7.78. The Balaban J connectivity index is 1.38. The summed E-state index contributed by atoms with van der Waals surface area (Å²) in [5.74, 6) is -1.78. The van der Waals surface area contributed by atoms with Crippen molar-refractivity contribution in [1.82, 2.24) is 15.4 Å². The number of fused-ring (bicyclic) bond motifs is 3. The quantitative estimate of drug-likeness (QED) is 0.568. The topological polar surface area (TPSA) is 122 Å². The molecule has 0 saturated carbocycles. The van der Waals surface area contributed by atoms with Crippen molar-refractivity contribution in [2.75, 3.05) is 13.7 Å². The second kappa shape index (κ2) is 9.15. The summed E-state index contributed by atoms with van der Waals surface area (Å²) >= 11 is 0. The number of likely N-dealkylation sites (N-methyl/N-ethyl adjacent to an activating group) is 1. The Morgan fingerprint density at radius 1 is 1.12 bits per heavy atom. The molecule has 2 amide bonds. The zero-order valence-electron chi connectivity index (χ0n) is 18.1. The standard InChI is InChI=1S/C24H23N3O6/c1-14(23(29)30)27(2)22(28)20-13-33-26-21(20)11-25-24(31)32-12-19-17-9-5-3-7-15(17)16-8-4-6-10-18(16)19/h3-10,13-14,19H,11-12H2,1-2H3,(H,25,31)(H,29,30)/t14-/m0/s1. The SMILES string of the molecule is C[C@@H](C(=O)O)N(C)C(=O)c1conc1CNC(=O)OCC1c2ccccc2-c2ccccc21. The minimum absolute atomic E-state index is 0.0708. The molecule has 0 saturated heterocycles. The van der Waals surface area contributed by atoms with E-state index in [-0.39, 0.29) is 30.3 Å². The number of aliphatic carboxylic acids is 1. The van der Waals surface area contributed by atoms with Crippen LogP contribution in [0.3, 0.4) is 0 Å². The second-order valence-electron chi connectivity index (χ2n) is 7.78. The zero-order chi connectivity index (χ0) is 23.5. The lowest BCUT2D eigenvalue weighted by molar-refractivity contribution is -0.141. The summed E-state index contributed by atoms with van der Waals surface area (Å²) in [6, 6.07) is 15.0. The Kier molecular flexibility index (Phi) is 6.12. The molecule has 1 heterocycles. The van der Waals surface area contributed by atoms with Gasteiger partial charge in [-0.05, 0) is 29.2 Å². The van der Waals surface area contributed by atoms with Gasteiger partial charge in [0.05, 0.1) is 6.54 Å². The largest absolute Gasteiger partial charge is 0.480 e. The van der Waals surface area contributed by atoms with Gasteiger partial charge in [-0.1, -0.05) is 53.7 Å². The number of ether oxygens (including phenoxy) is 1. The highest BCUT2D eigenvalue weighted by Crippen LogP contribution is 2.44. The molecule has 4 rings (SSSR count). The Morgan fingerprint density at radius 3 is 2.33 bits per heavy atom. The molecule has 33 heavy (non-hydrogen) atoms. The number of amides is 2. The Bertz CT molecular complexity index is 1160. The van der Waals surface area contributed by atoms with Crippen LogP contribution in [-0.2, 0) is 16.1 Å². The van der Waals surface area contributed by atoms with Crippen LogP contribution in [0.5, 0.6) is 0 Å². The summed E-state index contributed by atoms with van der Waals surface area (Å²) in [5, 5.41) is 15.4. The minimum Gasteiger partial charge on any atom is -0.480 e. The highest BCUT2D eigenvalue weighted by atomic mass is 16.5. The molecule has 2 aromatic carbocycles. The lowest BCUT2D eigenvalue weighted by Crippen LogP contribution is -2.40. The number of carbonyl (C=O) groups excluding carboxylic acids is 2. The van der Waals surface area contributed by atoms with Crippen LogP contribution in [0.4, 0.5) is 4.79 Å². The van der Waals surface area contributed by atoms with Gasteiger partial charge in [0.2, 0.25) is 0 Å². The van der Waals surface area contributed by atoms with Crippen LogP contribution in [0, 0.1) is 0 Å². The predicted molar refractivity (Wildman–Crippen MR) is 118 cm³/mol. The van der Waals surface area contributed by atoms with Gasteiger partial charge in [0.25, 0.3) is 5.91 Å². The van der Waals surface area contributed by atoms with Crippen LogP contribution in [0.15, 0.2) is 59.3 Å². The lowest BCUT2D eigenvalue weighted by Gasteiger charge is -2.21. The summed E-state index contributed by atoms with van der Waals surface area (Å²) in [5.41, 5.74) is 4.72. The van der Waals surface area contributed by atoms with Gasteiger partial charge < -0.3 is 24.6 Å². The van der Waals surface area contributed by atoms with Gasteiger partial charge in [-0.2, -0.15) is 0 Å². The molecular formula is C24H23N3O6. The first kappa shape index (κ1) is 22.1. The van der Waals surface area contributed by atoms with E-state index >= 15 is 0 Å². The van der Waals surface area contributed by atoms with Gasteiger partial charge >= 0.3 is 12.1 Å². The van der Waals surface area contributed by atoms with E-state index in [1.165, 1.54) is 14.0 Å². The van der Waals surface area contributed by atoms with Gasteiger partial charge in [0.15, 0.2) is 0 Å². The maximum atomic E-state index is 12.6. The summed E-state index contributed by atoms with van der Waals surface area (Å²) in [6.07, 6.45) is 0.466. The van der Waals surface area contributed by atoms with E-state index in [1.807, 2.05) is 36.4 Å². The van der Waals surface area contributed by atoms with Gasteiger partial charge in [0.1, 0.15) is 30.2 Å². The van der Waals surface area contributed by atoms with Crippen molar-refractivity contribution in [3.63, 3.8) is 0 Å². The van der Waals surface area contributed by atoms with Gasteiger partial charge in [-0.15, -0.1) is 0 Å². The normalized spacial score (nSPS) is 13.0. The van der Waals surface area contributed by atoms with Crippen LogP contribution < -0.4 is 5.32 Å². The number of nitrogens with one attached hydrogen (secondary N) is 1. The molecule has 9 heteroatoms. The van der Waals surface area contributed by atoms with Crippen molar-refractivity contribution in [2.24, 2.45) is 0 Å². The smallest absolute Gasteiger partial charge is 0.407 e. The van der Waals surface area contributed by atoms with E-state index in [0.717, 1.165) is 33.4 Å². The first-order valence-corrected chi connectivity index (χ1v) is 10.4. The van der Waals surface area contributed by atoms with Crippen molar-refractivity contribution in [1.29, 1.82) is 0 Å². The van der Waals surface area contributed by atoms with Crippen LogP contribution >= 0.6 is 0 Å². The average molecular weight is 449 g/mol. The highest BCUT2D eigenvalue weighted by molar-refractivity contribution is 5.97. The summed E-state index contributed by atoms with van der Waals surface area (Å²) < 4.78 is 10.3. The third-order valence-corrected chi connectivity index (χ3v) is 5.88. The molecule has 0 bridgehead atoms. The van der Waals surface area contributed by atoms with Crippen LogP contribution in [0.1, 0.15) is 40.0 Å². The fourth-order valence-electron chi connectivity index (χ4n) is 3.90. The molecule has 1 atom stereocenters. The molecule has 1 aliphatic rings. The Labute approximate surface area is 189 Å². The third kappa shape index (κ3) is 4.30. The number of carboxylic acids is 1. The number of rotatable bonds is 7. The Morgan fingerprint density at radius 2 is 1.73 bits per heavy atom. The molecule has 1 aliphatic carbocycles. The molecule has 1 aromatic heterocycles. The summed E-state index contributed by atoms with van der Waals surface area (Å²) in [7, 11) is 1.37. The maximum Gasteiger partial charge on any atom is 0.407 e. The van der Waals surface area contributed by atoms with Crippen molar-refractivity contribution >= 4 is 18.0 Å². The first-order chi connectivity index (χ1) is 15.9. The predicted octanol–water partition coefficient (Wildman–Crippen LogP) is 3.26. The van der Waals surface area contributed by atoms with Crippen LogP contribution in [-0.4, -0.2) is 52.8 Å². The monoisotopic (exact) mass is 449 g/mol. The molecule has 0 unspecified atom stereocenters. The highest BCUT2D eigenvalue weighted by Gasteiger charge is 2.29. The van der Waals surface area contributed by atoms with E-state index < -0.39 is 24.0 Å². The molecule has 0 radical (unpaired) electrons. The molecule has 0 fully saturated rings. The molecule has 9 nitrogen and oxygen atoms in total.